The fraction of sp³-hybridized carbons (Fsp3) is 0.278. The summed E-state index contributed by atoms with van der Waals surface area (Å²) < 4.78 is 13.3. The van der Waals surface area contributed by atoms with E-state index in [0.717, 1.165) is 5.56 Å². The second-order valence-corrected chi connectivity index (χ2v) is 6.36. The summed E-state index contributed by atoms with van der Waals surface area (Å²) in [6, 6.07) is 10.6. The van der Waals surface area contributed by atoms with E-state index in [1.54, 1.807) is 15.9 Å². The molecule has 120 valence electrons. The third-order valence-electron chi connectivity index (χ3n) is 3.96. The van der Waals surface area contributed by atoms with Crippen LogP contribution >= 0.6 is 11.6 Å². The number of hydrogen-bond acceptors (Lipinski definition) is 1. The molecule has 2 aromatic carbocycles. The molecule has 2 amide bonds. The van der Waals surface area contributed by atoms with Gasteiger partial charge in [-0.1, -0.05) is 40.9 Å². The molecule has 5 heteroatoms. The first-order valence-electron chi connectivity index (χ1n) is 7.53. The average Bonchev–Trinajstić information content (AvgIpc) is 2.82. The Hall–Kier alpha value is -2.07. The van der Waals surface area contributed by atoms with Gasteiger partial charge in [-0.25, -0.2) is 9.18 Å². The lowest BCUT2D eigenvalue weighted by Crippen LogP contribution is -2.31. The first kappa shape index (κ1) is 15.8. The first-order valence-corrected chi connectivity index (χ1v) is 7.90. The quantitative estimate of drug-likeness (QED) is 0.809. The van der Waals surface area contributed by atoms with Crippen LogP contribution < -0.4 is 4.90 Å². The second kappa shape index (κ2) is 6.20. The van der Waals surface area contributed by atoms with Gasteiger partial charge in [-0.3, -0.25) is 4.90 Å². The zero-order chi connectivity index (χ0) is 16.6. The highest BCUT2D eigenvalue weighted by atomic mass is 35.5. The molecule has 1 fully saturated rings. The van der Waals surface area contributed by atoms with E-state index in [1.807, 2.05) is 0 Å². The van der Waals surface area contributed by atoms with Crippen LogP contribution in [0.25, 0.3) is 0 Å². The molecule has 0 N–H and O–H groups in total. The fourth-order valence-corrected chi connectivity index (χ4v) is 3.18. The zero-order valence-corrected chi connectivity index (χ0v) is 13.9. The second-order valence-electron chi connectivity index (χ2n) is 5.95. The summed E-state index contributed by atoms with van der Waals surface area (Å²) >= 11 is 5.81. The highest BCUT2D eigenvalue weighted by molar-refractivity contribution is 6.31. The van der Waals surface area contributed by atoms with E-state index in [9.17, 15) is 9.18 Å². The van der Waals surface area contributed by atoms with Crippen molar-refractivity contribution in [2.45, 2.75) is 20.4 Å². The summed E-state index contributed by atoms with van der Waals surface area (Å²) in [7, 11) is 0. The van der Waals surface area contributed by atoms with Crippen molar-refractivity contribution >= 4 is 23.3 Å². The Kier molecular flexibility index (Phi) is 4.26. The standard InChI is InChI=1S/C18H18ClFN2O/c1-12-7-13(2)9-14(8-12)11-21-5-6-22(18(21)23)15-3-4-17(20)16(19)10-15/h3-4,7-10H,5-6,11H2,1-2H3. The number of halogens is 2. The molecule has 1 saturated heterocycles. The normalized spacial score (nSPS) is 14.7. The zero-order valence-electron chi connectivity index (χ0n) is 13.1. The van der Waals surface area contributed by atoms with E-state index in [-0.39, 0.29) is 11.1 Å². The molecule has 0 bridgehead atoms. The summed E-state index contributed by atoms with van der Waals surface area (Å²) in [5, 5.41) is 0.0306. The predicted molar refractivity (Wildman–Crippen MR) is 90.5 cm³/mol. The Labute approximate surface area is 140 Å². The van der Waals surface area contributed by atoms with Crippen LogP contribution in [0.4, 0.5) is 14.9 Å². The number of amides is 2. The number of carbonyl (C=O) groups is 1. The average molecular weight is 333 g/mol. The van der Waals surface area contributed by atoms with E-state index in [2.05, 4.69) is 32.0 Å². The first-order chi connectivity index (χ1) is 10.9. The third kappa shape index (κ3) is 3.32. The van der Waals surface area contributed by atoms with Gasteiger partial charge < -0.3 is 4.90 Å². The van der Waals surface area contributed by atoms with Gasteiger partial charge in [0.25, 0.3) is 0 Å². The van der Waals surface area contributed by atoms with Crippen molar-refractivity contribution < 1.29 is 9.18 Å². The number of nitrogens with zero attached hydrogens (tertiary/aromatic N) is 2. The van der Waals surface area contributed by atoms with Crippen LogP contribution in [0.2, 0.25) is 5.02 Å². The number of hydrogen-bond donors (Lipinski definition) is 0. The van der Waals surface area contributed by atoms with E-state index < -0.39 is 5.82 Å². The van der Waals surface area contributed by atoms with Gasteiger partial charge in [0, 0.05) is 25.3 Å². The van der Waals surface area contributed by atoms with Gasteiger partial charge in [0.2, 0.25) is 0 Å². The van der Waals surface area contributed by atoms with Crippen LogP contribution in [0.1, 0.15) is 16.7 Å². The molecule has 23 heavy (non-hydrogen) atoms. The molecule has 1 aliphatic rings. The fourth-order valence-electron chi connectivity index (χ4n) is 3.00. The number of aryl methyl sites for hydroxylation is 2. The van der Waals surface area contributed by atoms with Crippen LogP contribution in [0.15, 0.2) is 36.4 Å². The smallest absolute Gasteiger partial charge is 0.318 e. The molecule has 0 aromatic heterocycles. The lowest BCUT2D eigenvalue weighted by Gasteiger charge is -2.19. The van der Waals surface area contributed by atoms with Gasteiger partial charge in [-0.15, -0.1) is 0 Å². The van der Waals surface area contributed by atoms with Crippen molar-refractivity contribution in [2.75, 3.05) is 18.0 Å². The molecule has 0 spiro atoms. The Morgan fingerprint density at radius 1 is 1.09 bits per heavy atom. The summed E-state index contributed by atoms with van der Waals surface area (Å²) in [6.45, 7) is 5.89. The van der Waals surface area contributed by atoms with E-state index >= 15 is 0 Å². The Bertz CT molecular complexity index is 742. The van der Waals surface area contributed by atoms with Crippen LogP contribution in [0.5, 0.6) is 0 Å². The van der Waals surface area contributed by atoms with E-state index in [1.165, 1.54) is 23.3 Å². The Balaban J connectivity index is 1.77. The van der Waals surface area contributed by atoms with Gasteiger partial charge in [0.1, 0.15) is 5.82 Å². The number of rotatable bonds is 3. The maximum Gasteiger partial charge on any atom is 0.324 e. The lowest BCUT2D eigenvalue weighted by atomic mass is 10.1. The molecule has 1 heterocycles. The number of anilines is 1. The highest BCUT2D eigenvalue weighted by Gasteiger charge is 2.29. The molecule has 0 atom stereocenters. The monoisotopic (exact) mass is 332 g/mol. The van der Waals surface area contributed by atoms with Crippen LogP contribution in [-0.2, 0) is 6.54 Å². The summed E-state index contributed by atoms with van der Waals surface area (Å²) in [4.78, 5) is 16.0. The molecule has 0 aliphatic carbocycles. The van der Waals surface area contributed by atoms with Gasteiger partial charge in [-0.2, -0.15) is 0 Å². The molecule has 0 radical (unpaired) electrons. The SMILES string of the molecule is Cc1cc(C)cc(CN2CCN(c3ccc(F)c(Cl)c3)C2=O)c1. The predicted octanol–water partition coefficient (Wildman–Crippen LogP) is 4.54. The highest BCUT2D eigenvalue weighted by Crippen LogP contribution is 2.26. The Morgan fingerprint density at radius 2 is 1.78 bits per heavy atom. The Morgan fingerprint density at radius 3 is 2.43 bits per heavy atom. The van der Waals surface area contributed by atoms with Gasteiger partial charge in [-0.05, 0) is 37.6 Å². The number of urea groups is 1. The maximum absolute atomic E-state index is 13.3. The lowest BCUT2D eigenvalue weighted by molar-refractivity contribution is 0.218. The van der Waals surface area contributed by atoms with Crippen molar-refractivity contribution in [3.8, 4) is 0 Å². The van der Waals surface area contributed by atoms with E-state index in [0.29, 0.717) is 25.3 Å². The van der Waals surface area contributed by atoms with Gasteiger partial charge >= 0.3 is 6.03 Å². The maximum atomic E-state index is 13.3. The molecule has 0 saturated carbocycles. The summed E-state index contributed by atoms with van der Waals surface area (Å²) in [5.41, 5.74) is 4.13. The third-order valence-corrected chi connectivity index (χ3v) is 4.25. The van der Waals surface area contributed by atoms with Crippen LogP contribution in [-0.4, -0.2) is 24.0 Å². The largest absolute Gasteiger partial charge is 0.324 e. The van der Waals surface area contributed by atoms with Crippen LogP contribution in [0, 0.1) is 19.7 Å². The molecule has 1 aliphatic heterocycles. The van der Waals surface area contributed by atoms with Gasteiger partial charge in [0.05, 0.1) is 5.02 Å². The van der Waals surface area contributed by atoms with E-state index in [4.69, 9.17) is 11.6 Å². The molecule has 3 nitrogen and oxygen atoms in total. The summed E-state index contributed by atoms with van der Waals surface area (Å²) in [5.74, 6) is -0.478. The minimum Gasteiger partial charge on any atom is -0.318 e. The molecule has 2 aromatic rings. The van der Waals surface area contributed by atoms with Crippen LogP contribution in [0.3, 0.4) is 0 Å². The molecular weight excluding hydrogens is 315 g/mol. The number of carbonyl (C=O) groups excluding carboxylic acids is 1. The summed E-state index contributed by atoms with van der Waals surface area (Å²) in [6.07, 6.45) is 0. The van der Waals surface area contributed by atoms with Crippen molar-refractivity contribution in [1.29, 1.82) is 0 Å². The van der Waals surface area contributed by atoms with Crippen molar-refractivity contribution in [3.63, 3.8) is 0 Å². The van der Waals surface area contributed by atoms with Crippen molar-refractivity contribution in [2.24, 2.45) is 0 Å². The molecule has 3 rings (SSSR count). The molecule has 0 unspecified atom stereocenters. The minimum atomic E-state index is -0.478. The topological polar surface area (TPSA) is 23.6 Å². The number of benzene rings is 2. The van der Waals surface area contributed by atoms with Gasteiger partial charge in [0.15, 0.2) is 0 Å². The van der Waals surface area contributed by atoms with Crippen molar-refractivity contribution in [1.82, 2.24) is 4.90 Å². The minimum absolute atomic E-state index is 0.0306. The van der Waals surface area contributed by atoms with Crippen molar-refractivity contribution in [3.05, 3.63) is 63.9 Å². The molecular formula is C18H18ClFN2O.